The molecule has 0 fully saturated rings. The Morgan fingerprint density at radius 1 is 0.900 bits per heavy atom. The minimum absolute atomic E-state index is 0.105. The molecule has 6 nitrogen and oxygen atoms in total. The first kappa shape index (κ1) is 20.0. The fourth-order valence-electron chi connectivity index (χ4n) is 3.59. The largest absolute Gasteiger partial charge is 0.497 e. The molecule has 0 saturated carbocycles. The van der Waals surface area contributed by atoms with E-state index in [1.54, 1.807) is 38.3 Å². The average Bonchev–Trinajstić information content (AvgIpc) is 2.74. The van der Waals surface area contributed by atoms with E-state index >= 15 is 0 Å². The van der Waals surface area contributed by atoms with Gasteiger partial charge in [-0.05, 0) is 60.9 Å². The lowest BCUT2D eigenvalue weighted by Gasteiger charge is -2.37. The number of benzene rings is 3. The number of carbonyl (C=O) groups excluding carboxylic acids is 1. The lowest BCUT2D eigenvalue weighted by atomic mass is 10.1. The topological polar surface area (TPSA) is 66.9 Å². The molecule has 2 amide bonds. The third kappa shape index (κ3) is 3.31. The van der Waals surface area contributed by atoms with Crippen molar-refractivity contribution in [2.75, 3.05) is 16.3 Å². The molecule has 0 unspecified atom stereocenters. The molecule has 0 N–H and O–H groups in total. The van der Waals surface area contributed by atoms with E-state index in [1.807, 2.05) is 43.3 Å². The Bertz CT molecular complexity index is 1240. The van der Waals surface area contributed by atoms with Crippen molar-refractivity contribution in [3.05, 3.63) is 83.4 Å². The van der Waals surface area contributed by atoms with E-state index in [4.69, 9.17) is 4.74 Å². The molecule has 4 rings (SSSR count). The second-order valence-corrected chi connectivity index (χ2v) is 9.00. The molecule has 1 aliphatic heterocycles. The Hall–Kier alpha value is -3.32. The number of sulfonamides is 1. The highest BCUT2D eigenvalue weighted by molar-refractivity contribution is 7.94. The highest BCUT2D eigenvalue weighted by Gasteiger charge is 2.42. The molecule has 154 valence electrons. The first-order chi connectivity index (χ1) is 14.3. The van der Waals surface area contributed by atoms with Crippen LogP contribution in [0.4, 0.5) is 16.2 Å². The van der Waals surface area contributed by atoms with E-state index in [-0.39, 0.29) is 11.4 Å². The summed E-state index contributed by atoms with van der Waals surface area (Å²) in [4.78, 5) is 15.2. The maximum atomic E-state index is 13.6. The Morgan fingerprint density at radius 3 is 2.43 bits per heavy atom. The van der Waals surface area contributed by atoms with Gasteiger partial charge in [-0.2, -0.15) is 4.31 Å². The smallest absolute Gasteiger partial charge is 0.343 e. The van der Waals surface area contributed by atoms with Crippen LogP contribution in [0, 0.1) is 13.8 Å². The number of anilines is 2. The average molecular weight is 423 g/mol. The molecule has 0 atom stereocenters. The Labute approximate surface area is 176 Å². The summed E-state index contributed by atoms with van der Waals surface area (Å²) in [6.45, 7) is 3.88. The van der Waals surface area contributed by atoms with E-state index in [2.05, 4.69) is 0 Å². The monoisotopic (exact) mass is 422 g/mol. The van der Waals surface area contributed by atoms with Crippen LogP contribution >= 0.6 is 0 Å². The molecule has 1 aliphatic rings. The molecule has 0 spiro atoms. The number of urea groups is 1. The summed E-state index contributed by atoms with van der Waals surface area (Å²) in [7, 11) is -2.47. The van der Waals surface area contributed by atoms with Crippen molar-refractivity contribution < 1.29 is 17.9 Å². The van der Waals surface area contributed by atoms with Crippen LogP contribution in [0.5, 0.6) is 5.75 Å². The van der Waals surface area contributed by atoms with Crippen LogP contribution < -0.4 is 13.9 Å². The van der Waals surface area contributed by atoms with Crippen LogP contribution in [0.2, 0.25) is 0 Å². The highest BCUT2D eigenvalue weighted by Crippen LogP contribution is 2.39. The van der Waals surface area contributed by atoms with Gasteiger partial charge in [0.15, 0.2) is 0 Å². The van der Waals surface area contributed by atoms with Gasteiger partial charge in [0.05, 0.1) is 25.0 Å². The zero-order chi connectivity index (χ0) is 21.5. The van der Waals surface area contributed by atoms with Crippen LogP contribution in [0.3, 0.4) is 0 Å². The fourth-order valence-corrected chi connectivity index (χ4v) is 5.24. The molecule has 0 bridgehead atoms. The van der Waals surface area contributed by atoms with Gasteiger partial charge in [0, 0.05) is 0 Å². The minimum atomic E-state index is -4.04. The van der Waals surface area contributed by atoms with E-state index in [1.165, 1.54) is 11.0 Å². The van der Waals surface area contributed by atoms with Crippen LogP contribution in [-0.4, -0.2) is 21.6 Å². The molecule has 0 radical (unpaired) electrons. The molecule has 3 aromatic carbocycles. The molecular formula is C23H22N2O4S. The zero-order valence-corrected chi connectivity index (χ0v) is 17.8. The number of ether oxygens (including phenoxy) is 1. The van der Waals surface area contributed by atoms with E-state index < -0.39 is 16.1 Å². The number of aryl methyl sites for hydroxylation is 2. The van der Waals surface area contributed by atoms with Crippen molar-refractivity contribution in [1.82, 2.24) is 0 Å². The molecule has 0 aliphatic carbocycles. The second-order valence-electron chi connectivity index (χ2n) is 7.25. The number of rotatable bonds is 4. The Balaban J connectivity index is 1.88. The maximum absolute atomic E-state index is 13.6. The molecule has 3 aromatic rings. The first-order valence-corrected chi connectivity index (χ1v) is 10.9. The molecule has 30 heavy (non-hydrogen) atoms. The number of amides is 2. The molecule has 1 heterocycles. The molecular weight excluding hydrogens is 400 g/mol. The molecule has 0 saturated heterocycles. The van der Waals surface area contributed by atoms with Crippen LogP contribution in [0.25, 0.3) is 0 Å². The van der Waals surface area contributed by atoms with Gasteiger partial charge < -0.3 is 4.74 Å². The zero-order valence-electron chi connectivity index (χ0n) is 17.0. The third-order valence-electron chi connectivity index (χ3n) is 5.14. The number of nitrogens with zero attached hydrogens (tertiary/aromatic N) is 2. The number of methoxy groups -OCH3 is 1. The van der Waals surface area contributed by atoms with Gasteiger partial charge >= 0.3 is 6.03 Å². The minimum Gasteiger partial charge on any atom is -0.497 e. The predicted molar refractivity (Wildman–Crippen MR) is 117 cm³/mol. The van der Waals surface area contributed by atoms with Crippen molar-refractivity contribution in [2.24, 2.45) is 0 Å². The van der Waals surface area contributed by atoms with Crippen molar-refractivity contribution in [1.29, 1.82) is 0 Å². The first-order valence-electron chi connectivity index (χ1n) is 9.49. The Morgan fingerprint density at radius 2 is 1.67 bits per heavy atom. The predicted octanol–water partition coefficient (Wildman–Crippen LogP) is 4.65. The van der Waals surface area contributed by atoms with E-state index in [0.29, 0.717) is 22.7 Å². The summed E-state index contributed by atoms with van der Waals surface area (Å²) in [6.07, 6.45) is 0. The summed E-state index contributed by atoms with van der Waals surface area (Å²) in [6, 6.07) is 18.8. The molecule has 0 aromatic heterocycles. The lowest BCUT2D eigenvalue weighted by molar-refractivity contribution is 0.253. The van der Waals surface area contributed by atoms with E-state index in [0.717, 1.165) is 15.4 Å². The number of fused-ring (bicyclic) bond motifs is 1. The van der Waals surface area contributed by atoms with Gasteiger partial charge in [0.25, 0.3) is 10.0 Å². The van der Waals surface area contributed by atoms with Crippen LogP contribution in [0.1, 0.15) is 16.7 Å². The lowest BCUT2D eigenvalue weighted by Crippen LogP contribution is -2.51. The third-order valence-corrected chi connectivity index (χ3v) is 6.87. The van der Waals surface area contributed by atoms with E-state index in [9.17, 15) is 13.2 Å². The standard InChI is InChI=1S/C23H22N2O4S/c1-16-11-12-17(2)21(13-16)25-23(26)24(15-18-7-6-8-19(14-18)29-3)20-9-4-5-10-22(20)30(25,27)28/h4-14H,15H2,1-3H3. The van der Waals surface area contributed by atoms with Crippen molar-refractivity contribution in [2.45, 2.75) is 25.3 Å². The number of para-hydroxylation sites is 1. The summed E-state index contributed by atoms with van der Waals surface area (Å²) in [5.74, 6) is 0.671. The van der Waals surface area contributed by atoms with Gasteiger partial charge in [0.2, 0.25) is 0 Å². The van der Waals surface area contributed by atoms with Gasteiger partial charge in [-0.1, -0.05) is 36.4 Å². The normalized spacial score (nSPS) is 15.1. The summed E-state index contributed by atoms with van der Waals surface area (Å²) < 4.78 is 33.1. The van der Waals surface area contributed by atoms with Gasteiger partial charge in [0.1, 0.15) is 10.6 Å². The van der Waals surface area contributed by atoms with Crippen LogP contribution in [0.15, 0.2) is 71.6 Å². The molecule has 7 heteroatoms. The fraction of sp³-hybridized carbons (Fsp3) is 0.174. The van der Waals surface area contributed by atoms with Crippen molar-refractivity contribution in [3.8, 4) is 5.75 Å². The quantitative estimate of drug-likeness (QED) is 0.614. The van der Waals surface area contributed by atoms with Gasteiger partial charge in [-0.25, -0.2) is 13.2 Å². The maximum Gasteiger partial charge on any atom is 0.343 e. The highest BCUT2D eigenvalue weighted by atomic mass is 32.2. The number of carbonyl (C=O) groups is 1. The summed E-state index contributed by atoms with van der Waals surface area (Å²) in [5.41, 5.74) is 3.14. The van der Waals surface area contributed by atoms with Crippen molar-refractivity contribution >= 4 is 27.4 Å². The Kier molecular flexibility index (Phi) is 4.99. The summed E-state index contributed by atoms with van der Waals surface area (Å²) in [5, 5.41) is 0. The van der Waals surface area contributed by atoms with Crippen LogP contribution in [-0.2, 0) is 16.6 Å². The SMILES string of the molecule is COc1cccc(CN2C(=O)N(c3cc(C)ccc3C)S(=O)(=O)c3ccccc32)c1. The summed E-state index contributed by atoms with van der Waals surface area (Å²) >= 11 is 0. The second kappa shape index (κ2) is 7.50. The van der Waals surface area contributed by atoms with Gasteiger partial charge in [-0.15, -0.1) is 0 Å². The van der Waals surface area contributed by atoms with Gasteiger partial charge in [-0.3, -0.25) is 4.90 Å². The number of hydrogen-bond acceptors (Lipinski definition) is 4. The van der Waals surface area contributed by atoms with Crippen molar-refractivity contribution in [3.63, 3.8) is 0 Å². The number of hydrogen-bond donors (Lipinski definition) is 0.